The van der Waals surface area contributed by atoms with Crippen molar-refractivity contribution in [3.05, 3.63) is 126 Å². The predicted octanol–water partition coefficient (Wildman–Crippen LogP) is 9.86. The summed E-state index contributed by atoms with van der Waals surface area (Å²) in [5, 5.41) is 11.1. The van der Waals surface area contributed by atoms with Gasteiger partial charge in [0.05, 0.1) is 16.6 Å². The molecule has 0 amide bonds. The van der Waals surface area contributed by atoms with Gasteiger partial charge in [0.2, 0.25) is 0 Å². The summed E-state index contributed by atoms with van der Waals surface area (Å²) in [6.45, 7) is 15.0. The second-order valence-electron chi connectivity index (χ2n) is 12.1. The molecule has 5 rings (SSSR count). The van der Waals surface area contributed by atoms with E-state index in [0.717, 1.165) is 51.8 Å². The summed E-state index contributed by atoms with van der Waals surface area (Å²) in [5.41, 5.74) is 9.05. The van der Waals surface area contributed by atoms with Gasteiger partial charge < -0.3 is 5.11 Å². The molecule has 0 saturated heterocycles. The number of allylic oxidation sites excluding steroid dienone is 3. The van der Waals surface area contributed by atoms with Crippen LogP contribution >= 0.6 is 0 Å². The maximum absolute atomic E-state index is 11.1. The van der Waals surface area contributed by atoms with Crippen molar-refractivity contribution in [2.24, 2.45) is 5.92 Å². The third-order valence-corrected chi connectivity index (χ3v) is 7.44. The number of fused-ring (bicyclic) bond motifs is 1. The van der Waals surface area contributed by atoms with Crippen LogP contribution in [0.5, 0.6) is 5.75 Å². The monoisotopic (exact) mass is 734 g/mol. The second kappa shape index (κ2) is 13.1. The van der Waals surface area contributed by atoms with E-state index in [2.05, 4.69) is 113 Å². The second-order valence-corrected chi connectivity index (χ2v) is 12.1. The number of nitrogens with zero attached hydrogens (tertiary/aromatic N) is 2. The zero-order chi connectivity index (χ0) is 29.1. The number of hydrogen-bond acceptors (Lipinski definition) is 2. The normalized spacial score (nSPS) is 12.0. The zero-order valence-corrected chi connectivity index (χ0v) is 27.4. The van der Waals surface area contributed by atoms with Gasteiger partial charge in [-0.3, -0.25) is 4.57 Å². The molecule has 218 valence electrons. The number of phenols is 1. The Labute approximate surface area is 264 Å². The molecule has 0 saturated carbocycles. The van der Waals surface area contributed by atoms with Crippen LogP contribution in [0.3, 0.4) is 0 Å². The number of imidazole rings is 1. The van der Waals surface area contributed by atoms with Gasteiger partial charge in [0.25, 0.3) is 0 Å². The number of rotatable bonds is 8. The van der Waals surface area contributed by atoms with Gasteiger partial charge in [0.15, 0.2) is 0 Å². The van der Waals surface area contributed by atoms with Crippen LogP contribution in [0, 0.1) is 12.0 Å². The van der Waals surface area contributed by atoms with E-state index in [1.807, 2.05) is 30.3 Å². The van der Waals surface area contributed by atoms with Crippen LogP contribution in [0.2, 0.25) is 0 Å². The number of hydrogen-bond donors (Lipinski definition) is 1. The number of aromatic nitrogens is 2. The molecular formula is C38H39N2OPt-. The number of benzene rings is 4. The molecule has 0 bridgehead atoms. The summed E-state index contributed by atoms with van der Waals surface area (Å²) in [6, 6.07) is 32.3. The molecule has 4 heteroatoms. The average Bonchev–Trinajstić information content (AvgIpc) is 3.35. The van der Waals surface area contributed by atoms with Crippen molar-refractivity contribution in [1.29, 1.82) is 0 Å². The van der Waals surface area contributed by atoms with E-state index in [-0.39, 0.29) is 32.2 Å². The molecule has 1 heterocycles. The molecule has 0 fully saturated rings. The summed E-state index contributed by atoms with van der Waals surface area (Å²) in [5.74, 6) is 1.52. The molecule has 1 aromatic heterocycles. The first kappa shape index (κ1) is 31.3. The van der Waals surface area contributed by atoms with Crippen molar-refractivity contribution in [2.75, 3.05) is 0 Å². The van der Waals surface area contributed by atoms with Crippen molar-refractivity contribution in [3.8, 4) is 34.0 Å². The fourth-order valence-electron chi connectivity index (χ4n) is 5.27. The van der Waals surface area contributed by atoms with Crippen LogP contribution in [-0.4, -0.2) is 14.7 Å². The quantitative estimate of drug-likeness (QED) is 0.127. The minimum absolute atomic E-state index is 0. The third-order valence-electron chi connectivity index (χ3n) is 7.44. The first-order valence-electron chi connectivity index (χ1n) is 14.4. The van der Waals surface area contributed by atoms with E-state index in [9.17, 15) is 5.11 Å². The first-order valence-corrected chi connectivity index (χ1v) is 14.4. The van der Waals surface area contributed by atoms with Gasteiger partial charge in [-0.2, -0.15) is 0 Å². The van der Waals surface area contributed by atoms with E-state index in [1.165, 1.54) is 5.57 Å². The SMILES string of the molecule is C=C/C(=C\Cc1[c-]c(-c2cccc3c2nc(-c2cc(C(C)(C)C)ccc2O)n3-c2ccccc2)ccc1)CC(C)C.[Pt]. The molecule has 0 atom stereocenters. The Morgan fingerprint density at radius 3 is 2.38 bits per heavy atom. The summed E-state index contributed by atoms with van der Waals surface area (Å²) in [6.07, 6.45) is 6.04. The first-order chi connectivity index (χ1) is 19.7. The van der Waals surface area contributed by atoms with Crippen molar-refractivity contribution in [1.82, 2.24) is 9.55 Å². The molecular weight excluding hydrogens is 696 g/mol. The van der Waals surface area contributed by atoms with E-state index >= 15 is 0 Å². The van der Waals surface area contributed by atoms with Crippen molar-refractivity contribution >= 4 is 11.0 Å². The van der Waals surface area contributed by atoms with E-state index in [4.69, 9.17) is 4.98 Å². The Kier molecular flexibility index (Phi) is 9.74. The molecule has 3 nitrogen and oxygen atoms in total. The fraction of sp³-hybridized carbons (Fsp3) is 0.237. The van der Waals surface area contributed by atoms with Crippen LogP contribution in [0.4, 0.5) is 0 Å². The minimum atomic E-state index is -0.0678. The Bertz CT molecular complexity index is 1720. The van der Waals surface area contributed by atoms with Crippen LogP contribution in [-0.2, 0) is 32.9 Å². The zero-order valence-electron chi connectivity index (χ0n) is 25.1. The Morgan fingerprint density at radius 2 is 1.69 bits per heavy atom. The van der Waals surface area contributed by atoms with Gasteiger partial charge in [0, 0.05) is 26.8 Å². The predicted molar refractivity (Wildman–Crippen MR) is 173 cm³/mol. The average molecular weight is 735 g/mol. The largest absolute Gasteiger partial charge is 0.507 e. The Hall–Kier alpha value is -3.68. The molecule has 5 aromatic rings. The van der Waals surface area contributed by atoms with E-state index in [0.29, 0.717) is 17.3 Å². The smallest absolute Gasteiger partial charge is 0.148 e. The van der Waals surface area contributed by atoms with Gasteiger partial charge >= 0.3 is 0 Å². The summed E-state index contributed by atoms with van der Waals surface area (Å²) in [7, 11) is 0. The van der Waals surface area contributed by atoms with Gasteiger partial charge in [-0.05, 0) is 60.1 Å². The Morgan fingerprint density at radius 1 is 0.952 bits per heavy atom. The maximum atomic E-state index is 11.1. The topological polar surface area (TPSA) is 38.1 Å². The van der Waals surface area contributed by atoms with Crippen molar-refractivity contribution in [3.63, 3.8) is 0 Å². The third kappa shape index (κ3) is 6.69. The molecule has 0 radical (unpaired) electrons. The molecule has 0 unspecified atom stereocenters. The van der Waals surface area contributed by atoms with Gasteiger partial charge in [-0.15, -0.1) is 35.4 Å². The van der Waals surface area contributed by atoms with Gasteiger partial charge in [-0.1, -0.05) is 101 Å². The Balaban J connectivity index is 0.00000405. The summed E-state index contributed by atoms with van der Waals surface area (Å²) >= 11 is 0. The minimum Gasteiger partial charge on any atom is -0.507 e. The van der Waals surface area contributed by atoms with Gasteiger partial charge in [-0.25, -0.2) is 4.98 Å². The van der Waals surface area contributed by atoms with Crippen LogP contribution in [0.25, 0.3) is 39.2 Å². The number of para-hydroxylation sites is 2. The van der Waals surface area contributed by atoms with Crippen LogP contribution in [0.1, 0.15) is 52.2 Å². The van der Waals surface area contributed by atoms with Crippen LogP contribution in [0.15, 0.2) is 109 Å². The molecule has 0 spiro atoms. The van der Waals surface area contributed by atoms with Crippen molar-refractivity contribution < 1.29 is 26.2 Å². The standard InChI is InChI=1S/C38H39N2O.Pt/c1-7-27(23-26(2)3)19-20-28-13-11-14-29(24-28)32-17-12-18-34-36(32)39-37(40(34)31-15-9-8-10-16-31)33-25-30(38(4,5)6)21-22-35(33)41;/h7-19,21-22,25-26,41H,1,20,23H2,2-6H3;/q-1;/b27-19+;. The molecule has 42 heavy (non-hydrogen) atoms. The van der Waals surface area contributed by atoms with Crippen LogP contribution < -0.4 is 0 Å². The molecule has 4 aromatic carbocycles. The molecule has 1 N–H and O–H groups in total. The molecule has 0 aliphatic carbocycles. The van der Waals surface area contributed by atoms with Gasteiger partial charge in [0.1, 0.15) is 11.6 Å². The molecule has 0 aliphatic heterocycles. The van der Waals surface area contributed by atoms with E-state index in [1.54, 1.807) is 6.07 Å². The number of phenolic OH excluding ortho intramolecular Hbond substituents is 1. The number of aromatic hydroxyl groups is 1. The van der Waals surface area contributed by atoms with E-state index < -0.39 is 0 Å². The van der Waals surface area contributed by atoms with Crippen molar-refractivity contribution in [2.45, 2.75) is 52.9 Å². The maximum Gasteiger partial charge on any atom is 0.148 e. The molecule has 0 aliphatic rings. The fourth-order valence-corrected chi connectivity index (χ4v) is 5.27. The summed E-state index contributed by atoms with van der Waals surface area (Å²) < 4.78 is 2.15. The summed E-state index contributed by atoms with van der Waals surface area (Å²) in [4.78, 5) is 5.23.